The van der Waals surface area contributed by atoms with E-state index in [2.05, 4.69) is 0 Å². The molecule has 1 aromatic heterocycles. The molecule has 1 aliphatic rings. The van der Waals surface area contributed by atoms with Crippen LogP contribution in [-0.2, 0) is 0 Å². The number of hydrogen-bond acceptors (Lipinski definition) is 3. The van der Waals surface area contributed by atoms with Gasteiger partial charge in [0.1, 0.15) is 17.7 Å². The fourth-order valence-corrected chi connectivity index (χ4v) is 2.83. The van der Waals surface area contributed by atoms with Crippen molar-refractivity contribution in [2.75, 3.05) is 0 Å². The molecule has 0 saturated heterocycles. The molecule has 0 amide bonds. The van der Waals surface area contributed by atoms with Gasteiger partial charge < -0.3 is 9.84 Å². The van der Waals surface area contributed by atoms with Crippen LogP contribution in [0, 0.1) is 5.82 Å². The third-order valence-electron chi connectivity index (χ3n) is 2.90. The normalized spacial score (nSPS) is 22.9. The molecule has 2 nitrogen and oxygen atoms in total. The molecule has 3 rings (SSSR count). The van der Waals surface area contributed by atoms with E-state index in [0.717, 1.165) is 4.88 Å². The van der Waals surface area contributed by atoms with Crippen molar-refractivity contribution in [2.24, 2.45) is 0 Å². The SMILES string of the molecule is O[C@@H]1CC(c2cccs2)Oc2ccc(F)cc21. The molecule has 88 valence electrons. The van der Waals surface area contributed by atoms with Crippen LogP contribution >= 0.6 is 11.3 Å². The summed E-state index contributed by atoms with van der Waals surface area (Å²) in [5.74, 6) is 0.226. The summed E-state index contributed by atoms with van der Waals surface area (Å²) in [5, 5.41) is 12.0. The minimum atomic E-state index is -0.665. The van der Waals surface area contributed by atoms with Crippen molar-refractivity contribution >= 4 is 11.3 Å². The van der Waals surface area contributed by atoms with Gasteiger partial charge >= 0.3 is 0 Å². The van der Waals surface area contributed by atoms with Crippen LogP contribution in [0.25, 0.3) is 0 Å². The quantitative estimate of drug-likeness (QED) is 0.840. The van der Waals surface area contributed by atoms with E-state index in [1.54, 1.807) is 17.4 Å². The van der Waals surface area contributed by atoms with E-state index >= 15 is 0 Å². The van der Waals surface area contributed by atoms with Crippen LogP contribution in [0.5, 0.6) is 5.75 Å². The number of rotatable bonds is 1. The number of ether oxygens (including phenoxy) is 1. The van der Waals surface area contributed by atoms with E-state index < -0.39 is 6.10 Å². The summed E-state index contributed by atoms with van der Waals surface area (Å²) in [6.45, 7) is 0. The summed E-state index contributed by atoms with van der Waals surface area (Å²) >= 11 is 1.60. The minimum absolute atomic E-state index is 0.136. The molecule has 17 heavy (non-hydrogen) atoms. The molecule has 0 fully saturated rings. The highest BCUT2D eigenvalue weighted by Gasteiger charge is 2.28. The predicted molar refractivity (Wildman–Crippen MR) is 63.7 cm³/mol. The van der Waals surface area contributed by atoms with Gasteiger partial charge in [0.2, 0.25) is 0 Å². The van der Waals surface area contributed by atoms with Crippen molar-refractivity contribution in [1.82, 2.24) is 0 Å². The van der Waals surface area contributed by atoms with Gasteiger partial charge in [-0.25, -0.2) is 4.39 Å². The molecule has 2 heterocycles. The molecule has 0 saturated carbocycles. The van der Waals surface area contributed by atoms with Crippen molar-refractivity contribution in [3.8, 4) is 5.75 Å². The molecule has 1 aliphatic heterocycles. The van der Waals surface area contributed by atoms with E-state index in [4.69, 9.17) is 4.74 Å². The van der Waals surface area contributed by atoms with Crippen molar-refractivity contribution in [2.45, 2.75) is 18.6 Å². The van der Waals surface area contributed by atoms with Crippen molar-refractivity contribution in [3.05, 3.63) is 52.0 Å². The summed E-state index contributed by atoms with van der Waals surface area (Å²) in [5.41, 5.74) is 0.540. The topological polar surface area (TPSA) is 29.5 Å². The fourth-order valence-electron chi connectivity index (χ4n) is 2.07. The number of aliphatic hydroxyl groups is 1. The maximum atomic E-state index is 13.1. The van der Waals surface area contributed by atoms with Crippen LogP contribution < -0.4 is 4.74 Å². The average Bonchev–Trinajstić information content (AvgIpc) is 2.83. The Morgan fingerprint density at radius 2 is 2.24 bits per heavy atom. The lowest BCUT2D eigenvalue weighted by Crippen LogP contribution is -2.18. The number of hydrogen-bond donors (Lipinski definition) is 1. The lowest BCUT2D eigenvalue weighted by molar-refractivity contribution is 0.0670. The summed E-state index contributed by atoms with van der Waals surface area (Å²) in [6.07, 6.45) is -0.332. The van der Waals surface area contributed by atoms with Crippen LogP contribution in [0.1, 0.15) is 29.1 Å². The zero-order valence-electron chi connectivity index (χ0n) is 8.97. The minimum Gasteiger partial charge on any atom is -0.484 e. The second kappa shape index (κ2) is 4.13. The summed E-state index contributed by atoms with van der Waals surface area (Å²) < 4.78 is 18.9. The van der Waals surface area contributed by atoms with E-state index in [0.29, 0.717) is 17.7 Å². The van der Waals surface area contributed by atoms with Crippen LogP contribution in [0.15, 0.2) is 35.7 Å². The van der Waals surface area contributed by atoms with Gasteiger partial charge in [-0.15, -0.1) is 11.3 Å². The molecule has 1 unspecified atom stereocenters. The largest absolute Gasteiger partial charge is 0.484 e. The predicted octanol–water partition coefficient (Wildman–Crippen LogP) is 3.44. The Balaban J connectivity index is 1.96. The molecule has 0 aliphatic carbocycles. The smallest absolute Gasteiger partial charge is 0.136 e. The van der Waals surface area contributed by atoms with E-state index in [-0.39, 0.29) is 11.9 Å². The second-order valence-corrected chi connectivity index (χ2v) is 5.03. The van der Waals surface area contributed by atoms with Gasteiger partial charge in [0, 0.05) is 16.9 Å². The zero-order valence-corrected chi connectivity index (χ0v) is 9.78. The van der Waals surface area contributed by atoms with Crippen molar-refractivity contribution in [3.63, 3.8) is 0 Å². The summed E-state index contributed by atoms with van der Waals surface area (Å²) in [7, 11) is 0. The monoisotopic (exact) mass is 250 g/mol. The number of halogens is 1. The van der Waals surface area contributed by atoms with Crippen molar-refractivity contribution < 1.29 is 14.2 Å². The molecule has 4 heteroatoms. The van der Waals surface area contributed by atoms with E-state index in [9.17, 15) is 9.50 Å². The van der Waals surface area contributed by atoms with Gasteiger partial charge in [0.25, 0.3) is 0 Å². The van der Waals surface area contributed by atoms with Crippen molar-refractivity contribution in [1.29, 1.82) is 0 Å². The van der Waals surface area contributed by atoms with Gasteiger partial charge in [-0.2, -0.15) is 0 Å². The highest BCUT2D eigenvalue weighted by molar-refractivity contribution is 7.10. The number of fused-ring (bicyclic) bond motifs is 1. The van der Waals surface area contributed by atoms with Gasteiger partial charge in [0.05, 0.1) is 6.10 Å². The van der Waals surface area contributed by atoms with Crippen LogP contribution in [0.4, 0.5) is 4.39 Å². The summed E-state index contributed by atoms with van der Waals surface area (Å²) in [6, 6.07) is 8.20. The first-order valence-electron chi connectivity index (χ1n) is 5.41. The molecular weight excluding hydrogens is 239 g/mol. The lowest BCUT2D eigenvalue weighted by atomic mass is 9.98. The highest BCUT2D eigenvalue weighted by atomic mass is 32.1. The maximum Gasteiger partial charge on any atom is 0.136 e. The first kappa shape index (κ1) is 10.7. The standard InChI is InChI=1S/C13H11FO2S/c14-8-3-4-11-9(6-8)10(15)7-12(16-11)13-2-1-5-17-13/h1-6,10,12,15H,7H2/t10-,12?/m1/s1. The van der Waals surface area contributed by atoms with Gasteiger partial charge in [-0.3, -0.25) is 0 Å². The molecular formula is C13H11FO2S. The van der Waals surface area contributed by atoms with E-state index in [1.165, 1.54) is 12.1 Å². The Bertz CT molecular complexity index is 524. The third-order valence-corrected chi connectivity index (χ3v) is 3.86. The number of aliphatic hydroxyl groups excluding tert-OH is 1. The number of thiophene rings is 1. The van der Waals surface area contributed by atoms with E-state index in [1.807, 2.05) is 17.5 Å². The molecule has 0 bridgehead atoms. The Kier molecular flexibility index (Phi) is 2.61. The Morgan fingerprint density at radius 3 is 3.00 bits per heavy atom. The van der Waals surface area contributed by atoms with Gasteiger partial charge in [0.15, 0.2) is 0 Å². The molecule has 2 atom stereocenters. The van der Waals surface area contributed by atoms with Gasteiger partial charge in [-0.05, 0) is 29.6 Å². The molecule has 1 aromatic carbocycles. The van der Waals surface area contributed by atoms with Crippen LogP contribution in [0.2, 0.25) is 0 Å². The highest BCUT2D eigenvalue weighted by Crippen LogP contribution is 2.41. The van der Waals surface area contributed by atoms with Crippen LogP contribution in [-0.4, -0.2) is 5.11 Å². The second-order valence-electron chi connectivity index (χ2n) is 4.06. The van der Waals surface area contributed by atoms with Gasteiger partial charge in [-0.1, -0.05) is 6.07 Å². The molecule has 0 spiro atoms. The maximum absolute atomic E-state index is 13.1. The molecule has 0 radical (unpaired) electrons. The Labute approximate surface area is 102 Å². The fraction of sp³-hybridized carbons (Fsp3) is 0.231. The Morgan fingerprint density at radius 1 is 1.35 bits per heavy atom. The van der Waals surface area contributed by atoms with Crippen LogP contribution in [0.3, 0.4) is 0 Å². The third kappa shape index (κ3) is 1.94. The lowest BCUT2D eigenvalue weighted by Gasteiger charge is -2.29. The molecule has 2 aromatic rings. The first-order chi connectivity index (χ1) is 8.24. The average molecular weight is 250 g/mol. The summed E-state index contributed by atoms with van der Waals surface area (Å²) in [4.78, 5) is 1.08. The molecule has 1 N–H and O–H groups in total. The first-order valence-corrected chi connectivity index (χ1v) is 6.29. The number of benzene rings is 1. The Hall–Kier alpha value is -1.39. The zero-order chi connectivity index (χ0) is 11.8.